The Kier molecular flexibility index (Phi) is 6.21. The van der Waals surface area contributed by atoms with E-state index < -0.39 is 6.61 Å². The fourth-order valence-electron chi connectivity index (χ4n) is 0.793. The van der Waals surface area contributed by atoms with Gasteiger partial charge in [-0.05, 0) is 30.7 Å². The fourth-order valence-corrected chi connectivity index (χ4v) is 0.911. The number of hydrogen-bond donors (Lipinski definition) is 0. The fraction of sp³-hybridized carbons (Fsp3) is 0.400. The Hall–Kier alpha value is -0.830. The average molecular weight is 223 g/mol. The van der Waals surface area contributed by atoms with Crippen molar-refractivity contribution in [1.82, 2.24) is 0 Å². The molecule has 80 valence electrons. The first-order chi connectivity index (χ1) is 6.59. The standard InChI is InChI=1S/C8H7ClF2O.C2H6/c1-5-4-6(12-8(10)11)2-3-7(5)9;1-2/h2-4,8H,1H3;1-2H3. The molecule has 0 bridgehead atoms. The van der Waals surface area contributed by atoms with Crippen LogP contribution < -0.4 is 4.74 Å². The van der Waals surface area contributed by atoms with Crippen LogP contribution in [0.2, 0.25) is 5.02 Å². The topological polar surface area (TPSA) is 9.23 Å². The molecule has 0 atom stereocenters. The normalized spacial score (nSPS) is 9.36. The summed E-state index contributed by atoms with van der Waals surface area (Å²) < 4.78 is 27.6. The number of alkyl halides is 2. The van der Waals surface area contributed by atoms with Gasteiger partial charge >= 0.3 is 6.61 Å². The molecule has 0 amide bonds. The van der Waals surface area contributed by atoms with Gasteiger partial charge in [0.25, 0.3) is 0 Å². The lowest BCUT2D eigenvalue weighted by Gasteiger charge is -2.05. The van der Waals surface area contributed by atoms with Crippen LogP contribution in [0.4, 0.5) is 8.78 Å². The lowest BCUT2D eigenvalue weighted by atomic mass is 10.2. The van der Waals surface area contributed by atoms with E-state index >= 15 is 0 Å². The van der Waals surface area contributed by atoms with Crippen molar-refractivity contribution >= 4 is 11.6 Å². The number of aryl methyl sites for hydroxylation is 1. The summed E-state index contributed by atoms with van der Waals surface area (Å²) in [5, 5.41) is 0.539. The van der Waals surface area contributed by atoms with E-state index in [2.05, 4.69) is 4.74 Å². The lowest BCUT2D eigenvalue weighted by Crippen LogP contribution is -2.01. The summed E-state index contributed by atoms with van der Waals surface area (Å²) in [5.74, 6) is 0.131. The van der Waals surface area contributed by atoms with Crippen molar-refractivity contribution in [1.29, 1.82) is 0 Å². The number of ether oxygens (including phenoxy) is 1. The third-order valence-electron chi connectivity index (χ3n) is 1.35. The van der Waals surface area contributed by atoms with Crippen molar-refractivity contribution in [2.75, 3.05) is 0 Å². The molecule has 0 unspecified atom stereocenters. The molecule has 0 heterocycles. The maximum Gasteiger partial charge on any atom is 0.387 e. The highest BCUT2D eigenvalue weighted by molar-refractivity contribution is 6.31. The van der Waals surface area contributed by atoms with Crippen LogP contribution in [0.1, 0.15) is 19.4 Å². The molecule has 1 aromatic rings. The zero-order chi connectivity index (χ0) is 11.1. The first-order valence-electron chi connectivity index (χ1n) is 4.30. The quantitative estimate of drug-likeness (QED) is 0.726. The van der Waals surface area contributed by atoms with E-state index in [1.807, 2.05) is 13.8 Å². The molecule has 4 heteroatoms. The van der Waals surface area contributed by atoms with Crippen molar-refractivity contribution in [3.05, 3.63) is 28.8 Å². The van der Waals surface area contributed by atoms with Crippen LogP contribution in [0.15, 0.2) is 18.2 Å². The van der Waals surface area contributed by atoms with Gasteiger partial charge in [0.15, 0.2) is 0 Å². The second-order valence-electron chi connectivity index (χ2n) is 2.29. The minimum Gasteiger partial charge on any atom is -0.435 e. The van der Waals surface area contributed by atoms with Gasteiger partial charge < -0.3 is 4.74 Å². The summed E-state index contributed by atoms with van der Waals surface area (Å²) in [6.07, 6.45) is 0. The van der Waals surface area contributed by atoms with Crippen LogP contribution in [0.25, 0.3) is 0 Å². The minimum atomic E-state index is -2.79. The third-order valence-corrected chi connectivity index (χ3v) is 1.78. The number of rotatable bonds is 2. The van der Waals surface area contributed by atoms with Crippen LogP contribution in [0, 0.1) is 6.92 Å². The van der Waals surface area contributed by atoms with E-state index in [1.165, 1.54) is 18.2 Å². The summed E-state index contributed by atoms with van der Waals surface area (Å²) in [4.78, 5) is 0. The SMILES string of the molecule is CC.Cc1cc(OC(F)F)ccc1Cl. The summed E-state index contributed by atoms with van der Waals surface area (Å²) in [7, 11) is 0. The van der Waals surface area contributed by atoms with Gasteiger partial charge in [0, 0.05) is 5.02 Å². The van der Waals surface area contributed by atoms with Crippen molar-refractivity contribution in [2.24, 2.45) is 0 Å². The van der Waals surface area contributed by atoms with Crippen molar-refractivity contribution < 1.29 is 13.5 Å². The van der Waals surface area contributed by atoms with E-state index in [-0.39, 0.29) is 5.75 Å². The zero-order valence-electron chi connectivity index (χ0n) is 8.35. The van der Waals surface area contributed by atoms with Gasteiger partial charge in [0.1, 0.15) is 5.75 Å². The van der Waals surface area contributed by atoms with Gasteiger partial charge in [0.2, 0.25) is 0 Å². The molecule has 0 fully saturated rings. The van der Waals surface area contributed by atoms with Crippen molar-refractivity contribution in [3.63, 3.8) is 0 Å². The Morgan fingerprint density at radius 2 is 1.86 bits per heavy atom. The first-order valence-corrected chi connectivity index (χ1v) is 4.68. The molecule has 1 rings (SSSR count). The van der Waals surface area contributed by atoms with E-state index in [0.717, 1.165) is 5.56 Å². The molecule has 0 saturated heterocycles. The van der Waals surface area contributed by atoms with E-state index in [9.17, 15) is 8.78 Å². The molecule has 0 saturated carbocycles. The Labute approximate surface area is 87.6 Å². The van der Waals surface area contributed by atoms with Crippen LogP contribution in [-0.2, 0) is 0 Å². The Bertz CT molecular complexity index is 277. The van der Waals surface area contributed by atoms with Crippen LogP contribution in [0.3, 0.4) is 0 Å². The van der Waals surface area contributed by atoms with E-state index in [1.54, 1.807) is 6.92 Å². The molecule has 1 aromatic carbocycles. The molecule has 0 aliphatic rings. The molecule has 0 aromatic heterocycles. The number of hydrogen-bond acceptors (Lipinski definition) is 1. The highest BCUT2D eigenvalue weighted by Gasteiger charge is 2.04. The highest BCUT2D eigenvalue weighted by atomic mass is 35.5. The summed E-state index contributed by atoms with van der Waals surface area (Å²) in [5.41, 5.74) is 0.717. The molecule has 0 spiro atoms. The smallest absolute Gasteiger partial charge is 0.387 e. The summed E-state index contributed by atoms with van der Waals surface area (Å²) in [6.45, 7) is 2.94. The molecule has 1 nitrogen and oxygen atoms in total. The van der Waals surface area contributed by atoms with E-state index in [0.29, 0.717) is 5.02 Å². The van der Waals surface area contributed by atoms with Crippen molar-refractivity contribution in [2.45, 2.75) is 27.4 Å². The number of benzene rings is 1. The number of halogens is 3. The maximum atomic E-state index is 11.7. The summed E-state index contributed by atoms with van der Waals surface area (Å²) in [6, 6.07) is 4.39. The molecule has 0 radical (unpaired) electrons. The molecule has 0 aliphatic heterocycles. The van der Waals surface area contributed by atoms with Crippen LogP contribution in [-0.4, -0.2) is 6.61 Å². The van der Waals surface area contributed by atoms with Gasteiger partial charge in [-0.1, -0.05) is 25.4 Å². The van der Waals surface area contributed by atoms with E-state index in [4.69, 9.17) is 11.6 Å². The second kappa shape index (κ2) is 6.60. The van der Waals surface area contributed by atoms with Crippen molar-refractivity contribution in [3.8, 4) is 5.75 Å². The van der Waals surface area contributed by atoms with Crippen LogP contribution in [0.5, 0.6) is 5.75 Å². The Morgan fingerprint density at radius 3 is 2.29 bits per heavy atom. The highest BCUT2D eigenvalue weighted by Crippen LogP contribution is 2.22. The third kappa shape index (κ3) is 4.42. The molecular weight excluding hydrogens is 210 g/mol. The second-order valence-corrected chi connectivity index (χ2v) is 2.70. The Morgan fingerprint density at radius 1 is 1.29 bits per heavy atom. The molecular formula is C10H13ClF2O. The minimum absolute atomic E-state index is 0.131. The van der Waals surface area contributed by atoms with Gasteiger partial charge in [-0.3, -0.25) is 0 Å². The lowest BCUT2D eigenvalue weighted by molar-refractivity contribution is -0.0498. The molecule has 0 aliphatic carbocycles. The molecule has 0 N–H and O–H groups in total. The predicted octanol–water partition coefficient (Wildman–Crippen LogP) is 4.28. The average Bonchev–Trinajstić information content (AvgIpc) is 2.14. The maximum absolute atomic E-state index is 11.7. The molecule has 14 heavy (non-hydrogen) atoms. The summed E-state index contributed by atoms with van der Waals surface area (Å²) >= 11 is 5.67. The monoisotopic (exact) mass is 222 g/mol. The Balaban J connectivity index is 0.000000791. The van der Waals surface area contributed by atoms with Gasteiger partial charge in [-0.15, -0.1) is 0 Å². The van der Waals surface area contributed by atoms with Gasteiger partial charge in [0.05, 0.1) is 0 Å². The van der Waals surface area contributed by atoms with Gasteiger partial charge in [-0.2, -0.15) is 8.78 Å². The van der Waals surface area contributed by atoms with Gasteiger partial charge in [-0.25, -0.2) is 0 Å². The van der Waals surface area contributed by atoms with Crippen LogP contribution >= 0.6 is 11.6 Å². The first kappa shape index (κ1) is 13.2. The largest absolute Gasteiger partial charge is 0.435 e. The zero-order valence-corrected chi connectivity index (χ0v) is 9.11. The predicted molar refractivity (Wildman–Crippen MR) is 54.2 cm³/mol.